The van der Waals surface area contributed by atoms with E-state index in [1.54, 1.807) is 19.1 Å². The van der Waals surface area contributed by atoms with E-state index in [-0.39, 0.29) is 37.7 Å². The maximum absolute atomic E-state index is 13.3. The molecule has 0 aliphatic carbocycles. The molecule has 34 heavy (non-hydrogen) atoms. The summed E-state index contributed by atoms with van der Waals surface area (Å²) in [4.78, 5) is 27.0. The fourth-order valence-electron chi connectivity index (χ4n) is 3.38. The summed E-state index contributed by atoms with van der Waals surface area (Å²) in [5.41, 5.74) is 0.959. The molecule has 0 spiro atoms. The van der Waals surface area contributed by atoms with Gasteiger partial charge in [-0.15, -0.1) is 0 Å². The van der Waals surface area contributed by atoms with Crippen molar-refractivity contribution in [3.63, 3.8) is 0 Å². The Morgan fingerprint density at radius 1 is 1.00 bits per heavy atom. The van der Waals surface area contributed by atoms with Crippen molar-refractivity contribution in [3.05, 3.63) is 65.7 Å². The Labute approximate surface area is 199 Å². The van der Waals surface area contributed by atoms with Crippen molar-refractivity contribution in [1.29, 1.82) is 0 Å². The van der Waals surface area contributed by atoms with Gasteiger partial charge in [-0.3, -0.25) is 13.9 Å². The number of hydrogen-bond donors (Lipinski definition) is 1. The van der Waals surface area contributed by atoms with Gasteiger partial charge < -0.3 is 10.2 Å². The molecule has 0 aliphatic heterocycles. The summed E-state index contributed by atoms with van der Waals surface area (Å²) >= 11 is 0. The van der Waals surface area contributed by atoms with Crippen LogP contribution in [0.3, 0.4) is 0 Å². The lowest BCUT2D eigenvalue weighted by atomic mass is 10.1. The molecule has 0 radical (unpaired) electrons. The lowest BCUT2D eigenvalue weighted by Crippen LogP contribution is -2.47. The Kier molecular flexibility index (Phi) is 9.97. The average molecular weight is 496 g/mol. The van der Waals surface area contributed by atoms with E-state index >= 15 is 0 Å². The standard InChI is InChI=1S/C24H31F2N3O4S/c1-4-15-27-24(31)18(2)28(17-19-7-9-20(25)10-8-19)23(30)6-5-16-29(34(3,32)33)22-13-11-21(26)12-14-22/h7-14,18H,4-6,15-17H2,1-3H3,(H,27,31)/t18-/m1/s1. The minimum Gasteiger partial charge on any atom is -0.354 e. The molecule has 0 heterocycles. The predicted octanol–water partition coefficient (Wildman–Crippen LogP) is 3.45. The van der Waals surface area contributed by atoms with Crippen LogP contribution in [0.5, 0.6) is 0 Å². The second-order valence-corrected chi connectivity index (χ2v) is 9.94. The molecule has 0 saturated carbocycles. The summed E-state index contributed by atoms with van der Waals surface area (Å²) in [5, 5.41) is 2.77. The fourth-order valence-corrected chi connectivity index (χ4v) is 4.34. The molecule has 0 unspecified atom stereocenters. The first-order chi connectivity index (χ1) is 16.0. The maximum Gasteiger partial charge on any atom is 0.242 e. The van der Waals surface area contributed by atoms with E-state index in [1.807, 2.05) is 6.92 Å². The molecule has 1 N–H and O–H groups in total. The number of nitrogens with zero attached hydrogens (tertiary/aromatic N) is 2. The van der Waals surface area contributed by atoms with Gasteiger partial charge in [0.15, 0.2) is 0 Å². The number of hydrogen-bond acceptors (Lipinski definition) is 4. The zero-order valence-electron chi connectivity index (χ0n) is 19.6. The number of nitrogens with one attached hydrogen (secondary N) is 1. The van der Waals surface area contributed by atoms with Crippen molar-refractivity contribution in [2.24, 2.45) is 0 Å². The molecule has 7 nitrogen and oxygen atoms in total. The molecule has 0 aliphatic rings. The Morgan fingerprint density at radius 2 is 1.56 bits per heavy atom. The first kappa shape index (κ1) is 27.2. The first-order valence-electron chi connectivity index (χ1n) is 11.1. The van der Waals surface area contributed by atoms with Gasteiger partial charge in [0.25, 0.3) is 0 Å². The third-order valence-electron chi connectivity index (χ3n) is 5.25. The molecule has 186 valence electrons. The maximum atomic E-state index is 13.3. The molecular weight excluding hydrogens is 464 g/mol. The van der Waals surface area contributed by atoms with E-state index < -0.39 is 27.7 Å². The molecule has 2 amide bonds. The van der Waals surface area contributed by atoms with Crippen molar-refractivity contribution < 1.29 is 26.8 Å². The van der Waals surface area contributed by atoms with Crippen LogP contribution in [-0.4, -0.2) is 50.5 Å². The van der Waals surface area contributed by atoms with Crippen LogP contribution in [0.15, 0.2) is 48.5 Å². The van der Waals surface area contributed by atoms with E-state index in [1.165, 1.54) is 41.3 Å². The Balaban J connectivity index is 2.13. The largest absolute Gasteiger partial charge is 0.354 e. The highest BCUT2D eigenvalue weighted by Gasteiger charge is 2.26. The van der Waals surface area contributed by atoms with Gasteiger partial charge in [0.2, 0.25) is 21.8 Å². The third kappa shape index (κ3) is 8.09. The third-order valence-corrected chi connectivity index (χ3v) is 6.44. The van der Waals surface area contributed by atoms with Gasteiger partial charge in [-0.05, 0) is 61.7 Å². The number of amides is 2. The summed E-state index contributed by atoms with van der Waals surface area (Å²) < 4.78 is 52.1. The van der Waals surface area contributed by atoms with E-state index in [2.05, 4.69) is 5.32 Å². The zero-order chi connectivity index (χ0) is 25.3. The highest BCUT2D eigenvalue weighted by atomic mass is 32.2. The van der Waals surface area contributed by atoms with Crippen molar-refractivity contribution in [3.8, 4) is 0 Å². The molecule has 0 saturated heterocycles. The van der Waals surface area contributed by atoms with Crippen molar-refractivity contribution in [2.45, 2.75) is 45.7 Å². The zero-order valence-corrected chi connectivity index (χ0v) is 20.4. The van der Waals surface area contributed by atoms with Crippen molar-refractivity contribution >= 4 is 27.5 Å². The second-order valence-electron chi connectivity index (χ2n) is 8.03. The Hall–Kier alpha value is -3.01. The van der Waals surface area contributed by atoms with Crippen LogP contribution in [0.25, 0.3) is 0 Å². The highest BCUT2D eigenvalue weighted by Crippen LogP contribution is 2.19. The van der Waals surface area contributed by atoms with Crippen LogP contribution in [-0.2, 0) is 26.2 Å². The van der Waals surface area contributed by atoms with Gasteiger partial charge >= 0.3 is 0 Å². The monoisotopic (exact) mass is 495 g/mol. The summed E-state index contributed by atoms with van der Waals surface area (Å²) in [6.07, 6.45) is 1.96. The van der Waals surface area contributed by atoms with Gasteiger partial charge in [-0.25, -0.2) is 17.2 Å². The molecule has 0 aromatic heterocycles. The van der Waals surface area contributed by atoms with Gasteiger partial charge in [0.1, 0.15) is 17.7 Å². The number of carbonyl (C=O) groups is 2. The molecule has 2 aromatic rings. The number of anilines is 1. The van der Waals surface area contributed by atoms with E-state index in [4.69, 9.17) is 0 Å². The minimum absolute atomic E-state index is 0.0109. The lowest BCUT2D eigenvalue weighted by molar-refractivity contribution is -0.140. The molecule has 2 rings (SSSR count). The summed E-state index contributed by atoms with van der Waals surface area (Å²) in [6.45, 7) is 4.13. The average Bonchev–Trinajstić information content (AvgIpc) is 2.79. The second kappa shape index (κ2) is 12.5. The van der Waals surface area contributed by atoms with E-state index in [9.17, 15) is 26.8 Å². The van der Waals surface area contributed by atoms with Crippen LogP contribution in [0.2, 0.25) is 0 Å². The van der Waals surface area contributed by atoms with Gasteiger partial charge in [-0.2, -0.15) is 0 Å². The number of benzene rings is 2. The minimum atomic E-state index is -3.66. The number of sulfonamides is 1. The molecule has 1 atom stereocenters. The fraction of sp³-hybridized carbons (Fsp3) is 0.417. The predicted molar refractivity (Wildman–Crippen MR) is 128 cm³/mol. The lowest BCUT2D eigenvalue weighted by Gasteiger charge is -2.29. The molecular formula is C24H31F2N3O4S. The number of carbonyl (C=O) groups excluding carboxylic acids is 2. The smallest absolute Gasteiger partial charge is 0.242 e. The number of halogens is 2. The Bertz CT molecular complexity index is 1060. The summed E-state index contributed by atoms with van der Waals surface area (Å²) in [5.74, 6) is -1.53. The van der Waals surface area contributed by atoms with Crippen LogP contribution in [0, 0.1) is 11.6 Å². The van der Waals surface area contributed by atoms with Gasteiger partial charge in [0.05, 0.1) is 11.9 Å². The van der Waals surface area contributed by atoms with Gasteiger partial charge in [0, 0.05) is 26.1 Å². The van der Waals surface area contributed by atoms with Gasteiger partial charge in [-0.1, -0.05) is 19.1 Å². The van der Waals surface area contributed by atoms with Crippen molar-refractivity contribution in [1.82, 2.24) is 10.2 Å². The molecule has 0 fully saturated rings. The van der Waals surface area contributed by atoms with Crippen LogP contribution >= 0.6 is 0 Å². The molecule has 2 aromatic carbocycles. The first-order valence-corrected chi connectivity index (χ1v) is 12.9. The highest BCUT2D eigenvalue weighted by molar-refractivity contribution is 7.92. The normalized spacial score (nSPS) is 12.1. The summed E-state index contributed by atoms with van der Waals surface area (Å²) in [6, 6.07) is 9.95. The Morgan fingerprint density at radius 3 is 2.09 bits per heavy atom. The SMILES string of the molecule is CCCNC(=O)[C@@H](C)N(Cc1ccc(F)cc1)C(=O)CCCN(c1ccc(F)cc1)S(C)(=O)=O. The topological polar surface area (TPSA) is 86.8 Å². The van der Waals surface area contributed by atoms with Crippen molar-refractivity contribution in [2.75, 3.05) is 23.7 Å². The van der Waals surface area contributed by atoms with Crippen LogP contribution < -0.4 is 9.62 Å². The number of rotatable bonds is 12. The van der Waals surface area contributed by atoms with Crippen LogP contribution in [0.1, 0.15) is 38.7 Å². The quantitative estimate of drug-likeness (QED) is 0.489. The van der Waals surface area contributed by atoms with E-state index in [0.29, 0.717) is 17.8 Å². The summed E-state index contributed by atoms with van der Waals surface area (Å²) in [7, 11) is -3.66. The van der Waals surface area contributed by atoms with Crippen LogP contribution in [0.4, 0.5) is 14.5 Å². The van der Waals surface area contributed by atoms with E-state index in [0.717, 1.165) is 17.0 Å². The molecule has 10 heteroatoms. The molecule has 0 bridgehead atoms.